The number of alkyl halides is 3. The third-order valence-corrected chi connectivity index (χ3v) is 3.59. The lowest BCUT2D eigenvalue weighted by Gasteiger charge is -2.13. The van der Waals surface area contributed by atoms with Gasteiger partial charge in [0.15, 0.2) is 0 Å². The molecule has 1 aliphatic rings. The van der Waals surface area contributed by atoms with E-state index in [1.165, 1.54) is 6.08 Å². The van der Waals surface area contributed by atoms with Gasteiger partial charge in [0.05, 0.1) is 0 Å². The van der Waals surface area contributed by atoms with Crippen molar-refractivity contribution in [2.75, 3.05) is 0 Å². The van der Waals surface area contributed by atoms with Gasteiger partial charge in [0.1, 0.15) is 0 Å². The normalized spacial score (nSPS) is 15.1. The van der Waals surface area contributed by atoms with Crippen LogP contribution in [-0.4, -0.2) is 18.0 Å². The monoisotopic (exact) mass is 340 g/mol. The number of carbonyl (C=O) groups is 2. The summed E-state index contributed by atoms with van der Waals surface area (Å²) in [5, 5.41) is 4.71. The third-order valence-electron chi connectivity index (χ3n) is 3.59. The maximum Gasteiger partial charge on any atom is 0.471 e. The quantitative estimate of drug-likeness (QED) is 0.836. The molecule has 24 heavy (non-hydrogen) atoms. The highest BCUT2D eigenvalue weighted by molar-refractivity contribution is 5.90. The zero-order valence-electron chi connectivity index (χ0n) is 13.2. The second kappa shape index (κ2) is 7.51. The highest BCUT2D eigenvalue weighted by atomic mass is 19.4. The van der Waals surface area contributed by atoms with Crippen molar-refractivity contribution >= 4 is 17.5 Å². The van der Waals surface area contributed by atoms with Crippen LogP contribution in [0.3, 0.4) is 0 Å². The Morgan fingerprint density at radius 3 is 2.33 bits per heavy atom. The van der Waals surface area contributed by atoms with E-state index >= 15 is 0 Å². The summed E-state index contributed by atoms with van der Waals surface area (Å²) in [6.45, 7) is 2.14. The van der Waals surface area contributed by atoms with Gasteiger partial charge in [0, 0.05) is 18.2 Å². The first-order valence-corrected chi connectivity index (χ1v) is 7.76. The first kappa shape index (κ1) is 18.0. The molecule has 0 atom stereocenters. The van der Waals surface area contributed by atoms with Crippen LogP contribution in [0.1, 0.15) is 37.3 Å². The predicted octanol–water partition coefficient (Wildman–Crippen LogP) is 3.14. The molecule has 2 amide bonds. The lowest BCUT2D eigenvalue weighted by atomic mass is 10.1. The van der Waals surface area contributed by atoms with Crippen molar-refractivity contribution in [2.24, 2.45) is 5.92 Å². The Morgan fingerprint density at radius 2 is 1.83 bits per heavy atom. The number of rotatable bonds is 6. The Morgan fingerprint density at radius 1 is 1.21 bits per heavy atom. The predicted molar refractivity (Wildman–Crippen MR) is 83.5 cm³/mol. The number of hydrogen-bond acceptors (Lipinski definition) is 2. The van der Waals surface area contributed by atoms with Gasteiger partial charge in [0.2, 0.25) is 5.91 Å². The second-order valence-electron chi connectivity index (χ2n) is 5.67. The van der Waals surface area contributed by atoms with Crippen LogP contribution in [0.25, 0.3) is 5.70 Å². The van der Waals surface area contributed by atoms with E-state index in [0.29, 0.717) is 18.5 Å². The van der Waals surface area contributed by atoms with Crippen LogP contribution in [0.4, 0.5) is 13.2 Å². The number of hydrogen-bond donors (Lipinski definition) is 2. The van der Waals surface area contributed by atoms with E-state index in [1.807, 2.05) is 5.32 Å². The third kappa shape index (κ3) is 5.11. The van der Waals surface area contributed by atoms with Crippen LogP contribution in [0, 0.1) is 5.92 Å². The van der Waals surface area contributed by atoms with Crippen LogP contribution in [-0.2, 0) is 16.1 Å². The van der Waals surface area contributed by atoms with Crippen LogP contribution < -0.4 is 10.6 Å². The Kier molecular flexibility index (Phi) is 5.64. The molecule has 0 radical (unpaired) electrons. The van der Waals surface area contributed by atoms with E-state index in [4.69, 9.17) is 0 Å². The highest BCUT2D eigenvalue weighted by Gasteiger charge is 2.39. The van der Waals surface area contributed by atoms with Crippen molar-refractivity contribution < 1.29 is 22.8 Å². The lowest BCUT2D eigenvalue weighted by molar-refractivity contribution is -0.172. The molecule has 0 saturated heterocycles. The first-order chi connectivity index (χ1) is 11.3. The SMILES string of the molecule is CC/C=C(/NC(=O)C(F)(F)F)c1ccc(CNC(=O)C2CC2)cc1. The zero-order valence-corrected chi connectivity index (χ0v) is 13.2. The van der Waals surface area contributed by atoms with E-state index in [9.17, 15) is 22.8 Å². The maximum absolute atomic E-state index is 12.4. The fourth-order valence-corrected chi connectivity index (χ4v) is 2.12. The largest absolute Gasteiger partial charge is 0.471 e. The summed E-state index contributed by atoms with van der Waals surface area (Å²) >= 11 is 0. The Balaban J connectivity index is 2.01. The number of amides is 2. The molecule has 0 heterocycles. The molecule has 4 nitrogen and oxygen atoms in total. The van der Waals surface area contributed by atoms with Gasteiger partial charge >= 0.3 is 12.1 Å². The Hall–Kier alpha value is -2.31. The average molecular weight is 340 g/mol. The summed E-state index contributed by atoms with van der Waals surface area (Å²) in [5.74, 6) is -1.84. The topological polar surface area (TPSA) is 58.2 Å². The van der Waals surface area contributed by atoms with Crippen molar-refractivity contribution in [3.8, 4) is 0 Å². The Labute approximate surface area is 138 Å². The summed E-state index contributed by atoms with van der Waals surface area (Å²) in [6.07, 6.45) is -1.08. The number of allylic oxidation sites excluding steroid dienone is 1. The van der Waals surface area contributed by atoms with Gasteiger partial charge in [-0.15, -0.1) is 0 Å². The highest BCUT2D eigenvalue weighted by Crippen LogP contribution is 2.28. The molecule has 0 bridgehead atoms. The molecule has 1 saturated carbocycles. The molecule has 0 aromatic heterocycles. The van der Waals surface area contributed by atoms with Gasteiger partial charge in [-0.05, 0) is 30.4 Å². The number of benzene rings is 1. The number of carbonyl (C=O) groups excluding carboxylic acids is 2. The van der Waals surface area contributed by atoms with Gasteiger partial charge in [-0.3, -0.25) is 9.59 Å². The van der Waals surface area contributed by atoms with Crippen LogP contribution >= 0.6 is 0 Å². The molecule has 1 aromatic rings. The molecule has 7 heteroatoms. The van der Waals surface area contributed by atoms with Crippen LogP contribution in [0.5, 0.6) is 0 Å². The van der Waals surface area contributed by atoms with Crippen molar-refractivity contribution in [3.05, 3.63) is 41.5 Å². The fraction of sp³-hybridized carbons (Fsp3) is 0.412. The van der Waals surface area contributed by atoms with Gasteiger partial charge in [-0.1, -0.05) is 37.3 Å². The fourth-order valence-electron chi connectivity index (χ4n) is 2.12. The summed E-state index contributed by atoms with van der Waals surface area (Å²) in [5.41, 5.74) is 1.44. The molecule has 2 rings (SSSR count). The van der Waals surface area contributed by atoms with E-state index in [-0.39, 0.29) is 17.5 Å². The van der Waals surface area contributed by atoms with E-state index in [0.717, 1.165) is 18.4 Å². The van der Waals surface area contributed by atoms with E-state index in [2.05, 4.69) is 5.32 Å². The molecule has 2 N–H and O–H groups in total. The number of nitrogens with one attached hydrogen (secondary N) is 2. The molecule has 1 aromatic carbocycles. The van der Waals surface area contributed by atoms with E-state index < -0.39 is 12.1 Å². The molecule has 0 aliphatic heterocycles. The Bertz CT molecular complexity index is 632. The number of halogens is 3. The van der Waals surface area contributed by atoms with Crippen LogP contribution in [0.15, 0.2) is 30.3 Å². The standard InChI is InChI=1S/C17H19F3N2O2/c1-2-3-14(22-16(24)17(18,19)20)12-6-4-11(5-7-12)10-21-15(23)13-8-9-13/h3-7,13H,2,8-10H2,1H3,(H,21,23)(H,22,24)/b14-3+. The molecule has 1 fully saturated rings. The van der Waals surface area contributed by atoms with E-state index in [1.54, 1.807) is 31.2 Å². The summed E-state index contributed by atoms with van der Waals surface area (Å²) in [7, 11) is 0. The molecule has 1 aliphatic carbocycles. The smallest absolute Gasteiger partial charge is 0.352 e. The van der Waals surface area contributed by atoms with Gasteiger partial charge in [0.25, 0.3) is 0 Å². The van der Waals surface area contributed by atoms with Crippen LogP contribution in [0.2, 0.25) is 0 Å². The minimum Gasteiger partial charge on any atom is -0.352 e. The lowest BCUT2D eigenvalue weighted by Crippen LogP contribution is -2.35. The summed E-state index contributed by atoms with van der Waals surface area (Å²) in [6, 6.07) is 6.67. The molecule has 0 unspecified atom stereocenters. The zero-order chi connectivity index (χ0) is 17.7. The minimum absolute atomic E-state index is 0.0306. The summed E-state index contributed by atoms with van der Waals surface area (Å²) < 4.78 is 37.2. The van der Waals surface area contributed by atoms with Gasteiger partial charge in [-0.2, -0.15) is 13.2 Å². The molecular formula is C17H19F3N2O2. The minimum atomic E-state index is -4.93. The van der Waals surface area contributed by atoms with Gasteiger partial charge in [-0.25, -0.2) is 0 Å². The van der Waals surface area contributed by atoms with Crippen molar-refractivity contribution in [1.82, 2.24) is 10.6 Å². The first-order valence-electron chi connectivity index (χ1n) is 7.76. The summed E-state index contributed by atoms with van der Waals surface area (Å²) in [4.78, 5) is 22.7. The van der Waals surface area contributed by atoms with Gasteiger partial charge < -0.3 is 10.6 Å². The van der Waals surface area contributed by atoms with Crippen molar-refractivity contribution in [1.29, 1.82) is 0 Å². The average Bonchev–Trinajstić information content (AvgIpc) is 3.36. The second-order valence-corrected chi connectivity index (χ2v) is 5.67. The maximum atomic E-state index is 12.4. The molecule has 0 spiro atoms. The molecular weight excluding hydrogens is 321 g/mol. The van der Waals surface area contributed by atoms with Crippen molar-refractivity contribution in [2.45, 2.75) is 38.9 Å². The molecule has 130 valence electrons. The van der Waals surface area contributed by atoms with Crippen molar-refractivity contribution in [3.63, 3.8) is 0 Å².